The van der Waals surface area contributed by atoms with E-state index >= 15 is 0 Å². The number of likely N-dealkylation sites (N-methyl/N-ethyl adjacent to an activating group) is 2. The predicted molar refractivity (Wildman–Crippen MR) is 417 cm³/mol. The van der Waals surface area contributed by atoms with E-state index in [1.807, 2.05) is 110 Å². The van der Waals surface area contributed by atoms with E-state index in [0.717, 1.165) is 120 Å². The molecule has 0 unspecified atom stereocenters. The van der Waals surface area contributed by atoms with Crippen molar-refractivity contribution < 1.29 is 19.0 Å². The van der Waals surface area contributed by atoms with E-state index in [2.05, 4.69) is 102 Å². The van der Waals surface area contributed by atoms with Gasteiger partial charge in [-0.05, 0) is 111 Å². The summed E-state index contributed by atoms with van der Waals surface area (Å²) in [5.74, 6) is 2.43. The van der Waals surface area contributed by atoms with Crippen molar-refractivity contribution in [3.05, 3.63) is 206 Å². The second-order valence-corrected chi connectivity index (χ2v) is 26.9. The van der Waals surface area contributed by atoms with Crippen molar-refractivity contribution in [2.24, 2.45) is 21.1 Å². The van der Waals surface area contributed by atoms with Gasteiger partial charge in [0, 0.05) is 131 Å². The average Bonchev–Trinajstić information content (AvgIpc) is 1.29. The van der Waals surface area contributed by atoms with Gasteiger partial charge in [0.25, 0.3) is 22.6 Å². The molecule has 0 aliphatic carbocycles. The van der Waals surface area contributed by atoms with E-state index in [4.69, 9.17) is 29.2 Å². The fourth-order valence-corrected chi connectivity index (χ4v) is 14.5. The third kappa shape index (κ3) is 12.5. The van der Waals surface area contributed by atoms with Gasteiger partial charge in [0.2, 0.25) is 17.8 Å². The van der Waals surface area contributed by atoms with E-state index in [0.29, 0.717) is 111 Å². The quantitative estimate of drug-likeness (QED) is 0.103. The summed E-state index contributed by atoms with van der Waals surface area (Å²) in [5.41, 5.74) is 14.6. The molecular weight excluding hydrogens is 1340 g/mol. The van der Waals surface area contributed by atoms with Crippen LogP contribution in [0.2, 0.25) is 0 Å². The van der Waals surface area contributed by atoms with Crippen LogP contribution in [0.5, 0.6) is 11.5 Å². The number of piperazine rings is 2. The molecule has 0 spiro atoms. The Kier molecular flexibility index (Phi) is 18.2. The Labute approximate surface area is 607 Å². The number of aryl methyl sites for hydroxylation is 4. The van der Waals surface area contributed by atoms with Gasteiger partial charge in [0.15, 0.2) is 16.9 Å². The van der Waals surface area contributed by atoms with E-state index in [1.54, 1.807) is 90.8 Å². The van der Waals surface area contributed by atoms with E-state index in [1.165, 1.54) is 5.69 Å². The van der Waals surface area contributed by atoms with Crippen LogP contribution in [0.15, 0.2) is 179 Å². The minimum atomic E-state index is -0.120. The molecule has 18 rings (SSSR count). The monoisotopic (exact) mass is 1420 g/mol. The van der Waals surface area contributed by atoms with Crippen molar-refractivity contribution in [1.82, 2.24) is 71.5 Å². The summed E-state index contributed by atoms with van der Waals surface area (Å²) >= 11 is 0. The van der Waals surface area contributed by atoms with Crippen LogP contribution in [0, 0.1) is 6.92 Å². The zero-order valence-corrected chi connectivity index (χ0v) is 60.2. The molecule has 3 N–H and O–H groups in total. The maximum absolute atomic E-state index is 13.0. The van der Waals surface area contributed by atoms with Gasteiger partial charge in [-0.3, -0.25) is 32.4 Å². The zero-order valence-electron chi connectivity index (χ0n) is 60.2. The largest absolute Gasteiger partial charge is 0.495 e. The van der Waals surface area contributed by atoms with E-state index in [-0.39, 0.29) is 22.6 Å². The lowest BCUT2D eigenvalue weighted by Gasteiger charge is -2.35. The molecule has 0 saturated carbocycles. The topological polar surface area (TPSA) is 254 Å². The summed E-state index contributed by atoms with van der Waals surface area (Å²) in [6.07, 6.45) is 5.03. The molecule has 12 heterocycles. The van der Waals surface area contributed by atoms with Crippen LogP contribution >= 0.6 is 0 Å². The number of carbonyl (C=O) groups excluding carboxylic acids is 1. The second kappa shape index (κ2) is 28.3. The van der Waals surface area contributed by atoms with Crippen LogP contribution in [0.4, 0.5) is 46.3 Å². The minimum Gasteiger partial charge on any atom is -0.495 e. The number of benzene rings is 6. The Morgan fingerprint density at radius 2 is 0.840 bits per heavy atom. The van der Waals surface area contributed by atoms with Gasteiger partial charge in [-0.2, -0.15) is 15.0 Å². The number of fused-ring (bicyclic) bond motifs is 15. The molecule has 3 saturated heterocycles. The average molecular weight is 1420 g/mol. The van der Waals surface area contributed by atoms with Gasteiger partial charge >= 0.3 is 0 Å². The molecule has 9 aromatic heterocycles. The first-order valence-electron chi connectivity index (χ1n) is 35.4. The van der Waals surface area contributed by atoms with Crippen LogP contribution in [0.25, 0.3) is 82.8 Å². The van der Waals surface area contributed by atoms with Crippen LogP contribution < -0.4 is 51.9 Å². The molecule has 3 fully saturated rings. The summed E-state index contributed by atoms with van der Waals surface area (Å²) < 4.78 is 27.1. The van der Waals surface area contributed by atoms with Gasteiger partial charge in [-0.25, -0.2) is 15.0 Å². The molecule has 6 aromatic carbocycles. The van der Waals surface area contributed by atoms with E-state index in [9.17, 15) is 19.2 Å². The molecular formula is C79H80N20O7. The highest BCUT2D eigenvalue weighted by Gasteiger charge is 2.25. The Morgan fingerprint density at radius 1 is 0.443 bits per heavy atom. The SMILES string of the molecule is CCN1CCN(c2ccc(Nc3ncc4c(n3)n3c(cc5ccccc53)c(=O)n4C)c(OC)c2)CC1.COc1cc(C(=O)N2CCOCC2)ccc1Nc1ncc2c(n1)n1c(cc3ccccc31)c(=O)n2C.Cc1cc(N2CCN(C)CC2)ccc1Nc1ncc2c(n1)n1c(cc3ccccc31)c(=O)n2C. The van der Waals surface area contributed by atoms with Crippen molar-refractivity contribution in [3.63, 3.8) is 0 Å². The molecule has 27 nitrogen and oxygen atoms in total. The first-order chi connectivity index (χ1) is 51.6. The van der Waals surface area contributed by atoms with Gasteiger partial charge in [-0.1, -0.05) is 61.5 Å². The highest BCUT2D eigenvalue weighted by Crippen LogP contribution is 2.35. The maximum Gasteiger partial charge on any atom is 0.275 e. The number of anilines is 8. The standard InChI is InChI=1S/C27H29N7O2.C26H27N7O.C26H24N6O4/c1-4-32-11-13-33(14-12-32)19-9-10-20(24(16-19)36-3)29-27-28-17-23-25(30-27)34-21-8-6-5-7-18(21)15-22(34)26(35)31(23)2;1-17-14-19(32-12-10-30(2)11-13-32)8-9-20(17)28-26-27-16-23-24(29-26)33-21-7-5-4-6-18(21)15-22(33)25(34)31(23)3;1-30-21-15-27-26(29-23(21)32-19-6-4-3-5-16(19)13-20(32)25(30)34)28-18-8-7-17(14-22(18)35-2)24(33)31-9-11-36-12-10-31/h5-10,15-17H,4,11-14H2,1-3H3,(H,28,29,30);4-9,14-16H,10-13H2,1-3H3,(H,27,28,29);3-8,13-15H,9-12H2,1-2H3,(H,27,28,29). The highest BCUT2D eigenvalue weighted by molar-refractivity contribution is 5.97. The van der Waals surface area contributed by atoms with Crippen LogP contribution in [-0.4, -0.2) is 184 Å². The zero-order chi connectivity index (χ0) is 73.0. The lowest BCUT2D eigenvalue weighted by molar-refractivity contribution is 0.0302. The summed E-state index contributed by atoms with van der Waals surface area (Å²) in [7, 11) is 10.6. The minimum absolute atomic E-state index is 0.0621. The number of ether oxygens (including phenoxy) is 3. The lowest BCUT2D eigenvalue weighted by atomic mass is 10.1. The number of methoxy groups -OCH3 is 2. The molecule has 3 aliphatic heterocycles. The van der Waals surface area contributed by atoms with Gasteiger partial charge < -0.3 is 68.4 Å². The lowest BCUT2D eigenvalue weighted by Crippen LogP contribution is -2.46. The highest BCUT2D eigenvalue weighted by atomic mass is 16.5. The first-order valence-corrected chi connectivity index (χ1v) is 35.4. The van der Waals surface area contributed by atoms with Crippen molar-refractivity contribution in [1.29, 1.82) is 0 Å². The summed E-state index contributed by atoms with van der Waals surface area (Å²) in [5, 5.41) is 12.9. The van der Waals surface area contributed by atoms with Crippen molar-refractivity contribution in [2.45, 2.75) is 13.8 Å². The first kappa shape index (κ1) is 68.0. The number of para-hydroxylation sites is 3. The van der Waals surface area contributed by atoms with Crippen molar-refractivity contribution in [3.8, 4) is 11.5 Å². The van der Waals surface area contributed by atoms with Crippen molar-refractivity contribution >= 4 is 135 Å². The Bertz CT molecular complexity index is 6140. The number of hydrogen-bond acceptors (Lipinski definition) is 20. The fourth-order valence-electron chi connectivity index (χ4n) is 14.5. The van der Waals surface area contributed by atoms with Crippen molar-refractivity contribution in [2.75, 3.05) is 132 Å². The number of carbonyl (C=O) groups is 1. The van der Waals surface area contributed by atoms with Gasteiger partial charge in [0.05, 0.1) is 73.9 Å². The molecule has 0 radical (unpaired) electrons. The molecule has 0 bridgehead atoms. The number of aromatic nitrogens is 12. The summed E-state index contributed by atoms with van der Waals surface area (Å²) in [6.45, 7) is 16.0. The third-order valence-electron chi connectivity index (χ3n) is 20.6. The number of rotatable bonds is 12. The van der Waals surface area contributed by atoms with Crippen LogP contribution in [0.3, 0.4) is 0 Å². The van der Waals surface area contributed by atoms with Gasteiger partial charge in [-0.15, -0.1) is 0 Å². The summed E-state index contributed by atoms with van der Waals surface area (Å²) in [4.78, 5) is 91.2. The molecule has 15 aromatic rings. The predicted octanol–water partition coefficient (Wildman–Crippen LogP) is 10.1. The Morgan fingerprint density at radius 3 is 1.27 bits per heavy atom. The normalized spacial score (nSPS) is 14.5. The number of amides is 1. The van der Waals surface area contributed by atoms with E-state index < -0.39 is 0 Å². The molecule has 538 valence electrons. The molecule has 27 heteroatoms. The Balaban J connectivity index is 0.000000122. The number of hydrogen-bond donors (Lipinski definition) is 3. The van der Waals surface area contributed by atoms with Crippen LogP contribution in [0.1, 0.15) is 22.8 Å². The molecule has 1 amide bonds. The molecule has 3 aliphatic rings. The van der Waals surface area contributed by atoms with Crippen LogP contribution in [-0.2, 0) is 25.9 Å². The number of nitrogens with zero attached hydrogens (tertiary/aromatic N) is 17. The number of nitrogens with one attached hydrogen (secondary N) is 3. The fraction of sp³-hybridized carbons (Fsp3) is 0.266. The number of morpholine rings is 1. The third-order valence-corrected chi connectivity index (χ3v) is 20.6. The molecule has 106 heavy (non-hydrogen) atoms. The summed E-state index contributed by atoms with van der Waals surface area (Å²) in [6, 6.07) is 47.3. The van der Waals surface area contributed by atoms with Gasteiger partial charge in [0.1, 0.15) is 44.6 Å². The second-order valence-electron chi connectivity index (χ2n) is 26.9. The maximum atomic E-state index is 13.0. The smallest absolute Gasteiger partial charge is 0.275 e. The molecule has 0 atom stereocenters. The Hall–Kier alpha value is -12.5.